The van der Waals surface area contributed by atoms with E-state index in [1.807, 2.05) is 19.9 Å². The van der Waals surface area contributed by atoms with Gasteiger partial charge in [-0.25, -0.2) is 4.98 Å². The lowest BCUT2D eigenvalue weighted by atomic mass is 9.72. The summed E-state index contributed by atoms with van der Waals surface area (Å²) in [5, 5.41) is 21.8. The van der Waals surface area contributed by atoms with E-state index < -0.39 is 35.6 Å². The lowest BCUT2D eigenvalue weighted by Gasteiger charge is -2.34. The number of hydrogen-bond donors (Lipinski definition) is 2. The van der Waals surface area contributed by atoms with Gasteiger partial charge in [-0.2, -0.15) is 0 Å². The molecule has 3 rings (SSSR count). The van der Waals surface area contributed by atoms with Crippen molar-refractivity contribution in [1.29, 1.82) is 0 Å². The average molecular weight is 488 g/mol. The fourth-order valence-corrected chi connectivity index (χ4v) is 5.29. The van der Waals surface area contributed by atoms with Crippen LogP contribution in [0.25, 0.3) is 6.08 Å². The highest BCUT2D eigenvalue weighted by Gasteiger charge is 2.47. The van der Waals surface area contributed by atoms with Crippen molar-refractivity contribution in [3.05, 3.63) is 35.1 Å². The normalized spacial score (nSPS) is 36.7. The molecule has 1 aromatic heterocycles. The Morgan fingerprint density at radius 3 is 2.49 bits per heavy atom. The van der Waals surface area contributed by atoms with E-state index in [0.717, 1.165) is 18.4 Å². The van der Waals surface area contributed by atoms with E-state index in [1.165, 1.54) is 5.57 Å². The number of cyclic esters (lactones) is 1. The second-order valence-corrected chi connectivity index (χ2v) is 11.3. The molecule has 7 nitrogen and oxygen atoms in total. The molecule has 1 saturated carbocycles. The number of aliphatic hydroxyl groups is 2. The topological polar surface area (TPSA) is 110 Å². The first kappa shape index (κ1) is 27.3. The molecule has 0 radical (unpaired) electrons. The first-order valence-corrected chi connectivity index (χ1v) is 12.7. The van der Waals surface area contributed by atoms with Gasteiger partial charge in [0.2, 0.25) is 0 Å². The highest BCUT2D eigenvalue weighted by Crippen LogP contribution is 2.50. The summed E-state index contributed by atoms with van der Waals surface area (Å²) in [6.45, 7) is 12.7. The molecular formula is C28H41NO6. The first-order valence-electron chi connectivity index (χ1n) is 12.7. The van der Waals surface area contributed by atoms with Gasteiger partial charge in [0, 0.05) is 19.3 Å². The number of allylic oxidation sites excluding steroid dienone is 1. The molecule has 1 aliphatic heterocycles. The van der Waals surface area contributed by atoms with Gasteiger partial charge in [0.15, 0.2) is 5.89 Å². The number of rotatable bonds is 2. The highest BCUT2D eigenvalue weighted by atomic mass is 16.5. The van der Waals surface area contributed by atoms with Crippen LogP contribution in [0.2, 0.25) is 0 Å². The van der Waals surface area contributed by atoms with Crippen LogP contribution in [0, 0.1) is 36.0 Å². The number of ketones is 1. The van der Waals surface area contributed by atoms with E-state index >= 15 is 0 Å². The molecule has 2 aliphatic rings. The maximum absolute atomic E-state index is 13.3. The summed E-state index contributed by atoms with van der Waals surface area (Å²) in [4.78, 5) is 30.4. The number of aliphatic hydroxyl groups excluding tert-OH is 2. The van der Waals surface area contributed by atoms with E-state index in [9.17, 15) is 19.8 Å². The molecule has 2 heterocycles. The van der Waals surface area contributed by atoms with Crippen molar-refractivity contribution in [3.63, 3.8) is 0 Å². The van der Waals surface area contributed by atoms with Gasteiger partial charge in [0.05, 0.1) is 24.0 Å². The minimum Gasteiger partial charge on any atom is -0.457 e. The van der Waals surface area contributed by atoms with Gasteiger partial charge in [-0.05, 0) is 56.1 Å². The van der Waals surface area contributed by atoms with Gasteiger partial charge >= 0.3 is 5.97 Å². The van der Waals surface area contributed by atoms with Crippen LogP contribution in [-0.2, 0) is 14.3 Å². The summed E-state index contributed by atoms with van der Waals surface area (Å²) in [5.41, 5.74) is 1.48. The molecule has 35 heavy (non-hydrogen) atoms. The zero-order valence-corrected chi connectivity index (χ0v) is 22.1. The van der Waals surface area contributed by atoms with Gasteiger partial charge in [0.1, 0.15) is 23.8 Å². The van der Waals surface area contributed by atoms with Crippen molar-refractivity contribution >= 4 is 17.8 Å². The number of nitrogens with zero attached hydrogens (tertiary/aromatic N) is 1. The van der Waals surface area contributed by atoms with E-state index in [-0.39, 0.29) is 18.1 Å². The van der Waals surface area contributed by atoms with Crippen LogP contribution in [0.4, 0.5) is 0 Å². The second kappa shape index (κ2) is 10.8. The maximum atomic E-state index is 13.3. The number of fused-ring (bicyclic) bond motifs is 1. The molecule has 0 saturated heterocycles. The zero-order chi connectivity index (χ0) is 26.1. The van der Waals surface area contributed by atoms with Crippen molar-refractivity contribution in [3.8, 4) is 0 Å². The van der Waals surface area contributed by atoms with Crippen LogP contribution in [0.5, 0.6) is 0 Å². The molecule has 7 heteroatoms. The SMILES string of the molecule is CC(=Cc1coc(C)n1)[C@H]1C/C=C(/C)CC2CC2[C@@H](C)[C@H](O)[C@@H](C)C(=O)C(C)(C)[C@@H](O)CC(=O)O1. The van der Waals surface area contributed by atoms with Crippen LogP contribution in [0.1, 0.15) is 78.8 Å². The van der Waals surface area contributed by atoms with Gasteiger partial charge in [-0.15, -0.1) is 0 Å². The second-order valence-electron chi connectivity index (χ2n) is 11.3. The fourth-order valence-electron chi connectivity index (χ4n) is 5.29. The summed E-state index contributed by atoms with van der Waals surface area (Å²) < 4.78 is 11.1. The Bertz CT molecular complexity index is 989. The molecule has 7 atom stereocenters. The van der Waals surface area contributed by atoms with Gasteiger partial charge in [-0.1, -0.05) is 39.3 Å². The van der Waals surface area contributed by atoms with E-state index in [4.69, 9.17) is 9.15 Å². The molecule has 194 valence electrons. The molecular weight excluding hydrogens is 446 g/mol. The number of esters is 1. The number of ether oxygens (including phenoxy) is 1. The Balaban J connectivity index is 1.89. The lowest BCUT2D eigenvalue weighted by Crippen LogP contribution is -2.46. The maximum Gasteiger partial charge on any atom is 0.309 e. The predicted octanol–water partition coefficient (Wildman–Crippen LogP) is 4.65. The summed E-state index contributed by atoms with van der Waals surface area (Å²) in [6, 6.07) is 0. The molecule has 1 aliphatic carbocycles. The predicted molar refractivity (Wildman–Crippen MR) is 133 cm³/mol. The Kier molecular flexibility index (Phi) is 8.43. The molecule has 1 aromatic rings. The largest absolute Gasteiger partial charge is 0.457 e. The molecule has 2 N–H and O–H groups in total. The van der Waals surface area contributed by atoms with Crippen LogP contribution < -0.4 is 0 Å². The fraction of sp³-hybridized carbons (Fsp3) is 0.679. The van der Waals surface area contributed by atoms with E-state index in [2.05, 4.69) is 18.0 Å². The van der Waals surface area contributed by atoms with E-state index in [0.29, 0.717) is 29.8 Å². The molecule has 2 unspecified atom stereocenters. The Morgan fingerprint density at radius 2 is 1.86 bits per heavy atom. The lowest BCUT2D eigenvalue weighted by molar-refractivity contribution is -0.154. The third-order valence-electron chi connectivity index (χ3n) is 8.00. The van der Waals surface area contributed by atoms with Crippen LogP contribution in [-0.4, -0.2) is 45.3 Å². The molecule has 1 fully saturated rings. The zero-order valence-electron chi connectivity index (χ0n) is 22.1. The number of oxazole rings is 1. The van der Waals surface area contributed by atoms with Crippen molar-refractivity contribution in [1.82, 2.24) is 4.98 Å². The smallest absolute Gasteiger partial charge is 0.309 e. The average Bonchev–Trinajstić information content (AvgIpc) is 3.43. The Hall–Kier alpha value is -2.25. The molecule has 0 bridgehead atoms. The highest BCUT2D eigenvalue weighted by molar-refractivity contribution is 5.88. The van der Waals surface area contributed by atoms with Crippen molar-refractivity contribution in [2.45, 2.75) is 92.5 Å². The molecule has 0 spiro atoms. The molecule has 0 amide bonds. The Morgan fingerprint density at radius 1 is 1.17 bits per heavy atom. The van der Waals surface area contributed by atoms with Crippen molar-refractivity contribution < 1.29 is 29.0 Å². The van der Waals surface area contributed by atoms with Gasteiger partial charge in [0.25, 0.3) is 0 Å². The van der Waals surface area contributed by atoms with Crippen molar-refractivity contribution in [2.75, 3.05) is 0 Å². The van der Waals surface area contributed by atoms with Crippen molar-refractivity contribution in [2.24, 2.45) is 29.1 Å². The third-order valence-corrected chi connectivity index (χ3v) is 8.00. The van der Waals surface area contributed by atoms with Crippen LogP contribution in [0.3, 0.4) is 0 Å². The molecule has 0 aromatic carbocycles. The first-order chi connectivity index (χ1) is 16.3. The van der Waals surface area contributed by atoms with E-state index in [1.54, 1.807) is 34.0 Å². The van der Waals surface area contributed by atoms with Gasteiger partial charge < -0.3 is 19.4 Å². The number of aryl methyl sites for hydroxylation is 1. The third kappa shape index (κ3) is 6.50. The number of hydrogen-bond acceptors (Lipinski definition) is 7. The summed E-state index contributed by atoms with van der Waals surface area (Å²) in [5.74, 6) is -0.0734. The summed E-state index contributed by atoms with van der Waals surface area (Å²) >= 11 is 0. The Labute approximate surface area is 208 Å². The number of aromatic nitrogens is 1. The van der Waals surface area contributed by atoms with Gasteiger partial charge in [-0.3, -0.25) is 9.59 Å². The summed E-state index contributed by atoms with van der Waals surface area (Å²) in [6.07, 6.45) is 5.10. The number of Topliss-reactive ketones (excluding diaryl/α,β-unsaturated/α-hetero) is 1. The minimum absolute atomic E-state index is 0.0126. The summed E-state index contributed by atoms with van der Waals surface area (Å²) in [7, 11) is 0. The van der Waals surface area contributed by atoms with Crippen LogP contribution >= 0.6 is 0 Å². The minimum atomic E-state index is -1.23. The standard InChI is InChI=1S/C28H41NO6/c1-15-8-9-23(16(2)11-21-14-34-19(5)29-21)35-25(31)13-24(30)28(6,7)27(33)18(4)26(32)17(3)22-12-20(22)10-15/h8,11,14,17-18,20,22-24,26,30,32H,9-10,12-13H2,1-7H3/b15-8-,16-11?/t17-,18-,20?,22?,23-,24+,26+/m1/s1. The number of carbonyl (C=O) groups is 2. The number of carbonyl (C=O) groups excluding carboxylic acids is 2. The quantitative estimate of drug-likeness (QED) is 0.461. The monoisotopic (exact) mass is 487 g/mol. The van der Waals surface area contributed by atoms with Crippen LogP contribution in [0.15, 0.2) is 27.9 Å².